The maximum absolute atomic E-state index is 5.80. The first-order valence-electron chi connectivity index (χ1n) is 5.36. The third-order valence-corrected chi connectivity index (χ3v) is 3.99. The second kappa shape index (κ2) is 4.24. The molecule has 2 nitrogen and oxygen atoms in total. The molecule has 1 aliphatic rings. The van der Waals surface area contributed by atoms with E-state index in [1.807, 2.05) is 7.05 Å². The highest BCUT2D eigenvalue weighted by molar-refractivity contribution is 9.10. The monoisotopic (exact) mass is 268 g/mol. The van der Waals surface area contributed by atoms with E-state index in [0.717, 1.165) is 4.47 Å². The third kappa shape index (κ3) is 1.96. The van der Waals surface area contributed by atoms with Crippen molar-refractivity contribution in [3.8, 4) is 0 Å². The number of likely N-dealkylation sites (N-methyl/N-ethyl adjacent to an activating group) is 1. The maximum atomic E-state index is 5.80. The van der Waals surface area contributed by atoms with Crippen LogP contribution in [0.4, 0.5) is 0 Å². The Bertz CT molecular complexity index is 326. The van der Waals surface area contributed by atoms with E-state index < -0.39 is 0 Å². The summed E-state index contributed by atoms with van der Waals surface area (Å²) in [6.07, 6.45) is 2.49. The third-order valence-electron chi connectivity index (χ3n) is 3.46. The summed E-state index contributed by atoms with van der Waals surface area (Å²) in [4.78, 5) is 0. The van der Waals surface area contributed by atoms with Crippen molar-refractivity contribution in [3.63, 3.8) is 0 Å². The molecule has 0 bridgehead atoms. The van der Waals surface area contributed by atoms with E-state index in [4.69, 9.17) is 5.73 Å². The molecule has 1 aliphatic carbocycles. The molecule has 1 fully saturated rings. The minimum atomic E-state index is 0.296. The molecule has 3 heteroatoms. The summed E-state index contributed by atoms with van der Waals surface area (Å²) >= 11 is 3.46. The quantitative estimate of drug-likeness (QED) is 0.877. The molecular weight excluding hydrogens is 252 g/mol. The molecule has 82 valence electrons. The van der Waals surface area contributed by atoms with Crippen LogP contribution in [0, 0.1) is 0 Å². The molecule has 0 aliphatic heterocycles. The molecule has 0 spiro atoms. The zero-order valence-electron chi connectivity index (χ0n) is 8.96. The lowest BCUT2D eigenvalue weighted by molar-refractivity contribution is 0.453. The molecule has 0 radical (unpaired) electrons. The smallest absolute Gasteiger partial charge is 0.0284 e. The van der Waals surface area contributed by atoms with Crippen LogP contribution in [-0.2, 0) is 5.41 Å². The predicted molar refractivity (Wildman–Crippen MR) is 67.0 cm³/mol. The van der Waals surface area contributed by atoms with Crippen molar-refractivity contribution in [3.05, 3.63) is 34.3 Å². The summed E-state index contributed by atoms with van der Waals surface area (Å²) in [5.41, 5.74) is 7.51. The molecule has 1 aromatic rings. The Morgan fingerprint density at radius 2 is 2.00 bits per heavy atom. The van der Waals surface area contributed by atoms with Crippen LogP contribution >= 0.6 is 15.9 Å². The van der Waals surface area contributed by atoms with Gasteiger partial charge in [0.05, 0.1) is 0 Å². The van der Waals surface area contributed by atoms with E-state index in [1.54, 1.807) is 0 Å². The minimum Gasteiger partial charge on any atom is -0.329 e. The molecule has 0 heterocycles. The highest BCUT2D eigenvalue weighted by atomic mass is 79.9. The molecular formula is C12H17BrN2. The Kier molecular flexibility index (Phi) is 3.14. The number of rotatable bonds is 4. The molecule has 1 unspecified atom stereocenters. The zero-order valence-corrected chi connectivity index (χ0v) is 10.5. The number of hydrogen-bond donors (Lipinski definition) is 2. The topological polar surface area (TPSA) is 38.0 Å². The van der Waals surface area contributed by atoms with E-state index in [-0.39, 0.29) is 0 Å². The SMILES string of the molecule is CNC(CN)C1(c2ccc(Br)cc2)CC1. The number of nitrogens with two attached hydrogens (primary N) is 1. The molecule has 0 amide bonds. The lowest BCUT2D eigenvalue weighted by atomic mass is 9.88. The molecule has 1 saturated carbocycles. The van der Waals surface area contributed by atoms with Crippen LogP contribution in [0.15, 0.2) is 28.7 Å². The van der Waals surface area contributed by atoms with Gasteiger partial charge in [-0.25, -0.2) is 0 Å². The van der Waals surface area contributed by atoms with Gasteiger partial charge in [-0.3, -0.25) is 0 Å². The summed E-state index contributed by atoms with van der Waals surface area (Å²) < 4.78 is 1.14. The number of benzene rings is 1. The lowest BCUT2D eigenvalue weighted by Crippen LogP contribution is -2.43. The highest BCUT2D eigenvalue weighted by Gasteiger charge is 2.49. The fraction of sp³-hybridized carbons (Fsp3) is 0.500. The van der Waals surface area contributed by atoms with Gasteiger partial charge in [-0.2, -0.15) is 0 Å². The van der Waals surface area contributed by atoms with E-state index in [0.29, 0.717) is 18.0 Å². The summed E-state index contributed by atoms with van der Waals surface area (Å²) in [7, 11) is 2.00. The Morgan fingerprint density at radius 1 is 1.40 bits per heavy atom. The predicted octanol–water partition coefficient (Wildman–Crippen LogP) is 2.03. The van der Waals surface area contributed by atoms with Crippen LogP contribution < -0.4 is 11.1 Å². The summed E-state index contributed by atoms with van der Waals surface area (Å²) in [5.74, 6) is 0. The van der Waals surface area contributed by atoms with Gasteiger partial charge in [0, 0.05) is 22.5 Å². The lowest BCUT2D eigenvalue weighted by Gasteiger charge is -2.26. The summed E-state index contributed by atoms with van der Waals surface area (Å²) in [5, 5.41) is 3.33. The van der Waals surface area contributed by atoms with Gasteiger partial charge in [-0.15, -0.1) is 0 Å². The van der Waals surface area contributed by atoms with Crippen molar-refractivity contribution in [2.75, 3.05) is 13.6 Å². The van der Waals surface area contributed by atoms with Crippen molar-refractivity contribution in [1.82, 2.24) is 5.32 Å². The summed E-state index contributed by atoms with van der Waals surface area (Å²) in [6.45, 7) is 0.701. The van der Waals surface area contributed by atoms with Gasteiger partial charge in [0.1, 0.15) is 0 Å². The second-order valence-corrected chi connectivity index (χ2v) is 5.16. The molecule has 0 aromatic heterocycles. The van der Waals surface area contributed by atoms with Gasteiger partial charge in [-0.05, 0) is 37.6 Å². The minimum absolute atomic E-state index is 0.296. The molecule has 15 heavy (non-hydrogen) atoms. The Morgan fingerprint density at radius 3 is 2.40 bits per heavy atom. The average Bonchev–Trinajstić information content (AvgIpc) is 3.02. The van der Waals surface area contributed by atoms with Gasteiger partial charge in [0.25, 0.3) is 0 Å². The van der Waals surface area contributed by atoms with Crippen LogP contribution in [-0.4, -0.2) is 19.6 Å². The van der Waals surface area contributed by atoms with Crippen molar-refractivity contribution in [1.29, 1.82) is 0 Å². The second-order valence-electron chi connectivity index (χ2n) is 4.24. The van der Waals surface area contributed by atoms with Crippen LogP contribution in [0.3, 0.4) is 0 Å². The number of hydrogen-bond acceptors (Lipinski definition) is 2. The molecule has 2 rings (SSSR count). The van der Waals surface area contributed by atoms with Crippen LogP contribution in [0.1, 0.15) is 18.4 Å². The highest BCUT2D eigenvalue weighted by Crippen LogP contribution is 2.50. The van der Waals surface area contributed by atoms with Gasteiger partial charge in [-0.1, -0.05) is 28.1 Å². The van der Waals surface area contributed by atoms with Crippen molar-refractivity contribution < 1.29 is 0 Å². The first kappa shape index (κ1) is 11.1. The van der Waals surface area contributed by atoms with E-state index >= 15 is 0 Å². The summed E-state index contributed by atoms with van der Waals surface area (Å²) in [6, 6.07) is 9.03. The Hall–Kier alpha value is -0.380. The van der Waals surface area contributed by atoms with Gasteiger partial charge >= 0.3 is 0 Å². The van der Waals surface area contributed by atoms with Crippen LogP contribution in [0.5, 0.6) is 0 Å². The van der Waals surface area contributed by atoms with E-state index in [2.05, 4.69) is 45.5 Å². The fourth-order valence-corrected chi connectivity index (χ4v) is 2.64. The van der Waals surface area contributed by atoms with Crippen molar-refractivity contribution in [2.45, 2.75) is 24.3 Å². The van der Waals surface area contributed by atoms with Crippen LogP contribution in [0.25, 0.3) is 0 Å². The molecule has 1 aromatic carbocycles. The number of halogens is 1. The molecule has 1 atom stereocenters. The molecule has 0 saturated heterocycles. The fourth-order valence-electron chi connectivity index (χ4n) is 2.37. The van der Waals surface area contributed by atoms with Gasteiger partial charge in [0.2, 0.25) is 0 Å². The first-order valence-corrected chi connectivity index (χ1v) is 6.15. The van der Waals surface area contributed by atoms with Crippen LogP contribution in [0.2, 0.25) is 0 Å². The van der Waals surface area contributed by atoms with Crippen molar-refractivity contribution >= 4 is 15.9 Å². The average molecular weight is 269 g/mol. The van der Waals surface area contributed by atoms with Crippen molar-refractivity contribution in [2.24, 2.45) is 5.73 Å². The Balaban J connectivity index is 2.25. The maximum Gasteiger partial charge on any atom is 0.0284 e. The largest absolute Gasteiger partial charge is 0.329 e. The zero-order chi connectivity index (χ0) is 10.9. The first-order chi connectivity index (χ1) is 7.23. The molecule has 3 N–H and O–H groups in total. The van der Waals surface area contributed by atoms with E-state index in [1.165, 1.54) is 18.4 Å². The van der Waals surface area contributed by atoms with Gasteiger partial charge < -0.3 is 11.1 Å². The Labute approximate surface area is 99.4 Å². The van der Waals surface area contributed by atoms with E-state index in [9.17, 15) is 0 Å². The normalized spacial score (nSPS) is 19.9. The standard InChI is InChI=1S/C12H17BrN2/c1-15-11(8-14)12(6-7-12)9-2-4-10(13)5-3-9/h2-5,11,15H,6-8,14H2,1H3. The van der Waals surface area contributed by atoms with Gasteiger partial charge in [0.15, 0.2) is 0 Å². The number of nitrogens with one attached hydrogen (secondary N) is 1.